The van der Waals surface area contributed by atoms with Gasteiger partial charge in [-0.25, -0.2) is 0 Å². The minimum atomic E-state index is 0.534. The Balaban J connectivity index is 1.80. The number of hydrogen-bond acceptors (Lipinski definition) is 2. The van der Waals surface area contributed by atoms with Crippen LogP contribution < -0.4 is 5.32 Å². The Kier molecular flexibility index (Phi) is 1.61. The van der Waals surface area contributed by atoms with E-state index in [4.69, 9.17) is 5.26 Å². The summed E-state index contributed by atoms with van der Waals surface area (Å²) in [5.41, 5.74) is 0.650. The van der Waals surface area contributed by atoms with Crippen molar-refractivity contribution in [3.63, 3.8) is 0 Å². The van der Waals surface area contributed by atoms with Crippen LogP contribution in [0.15, 0.2) is 0 Å². The van der Waals surface area contributed by atoms with Crippen LogP contribution in [0.4, 0.5) is 0 Å². The van der Waals surface area contributed by atoms with Crippen LogP contribution in [0.2, 0.25) is 0 Å². The molecular weight excluding hydrogens is 136 g/mol. The van der Waals surface area contributed by atoms with Crippen molar-refractivity contribution in [2.24, 2.45) is 5.41 Å². The van der Waals surface area contributed by atoms with Crippen LogP contribution in [0.25, 0.3) is 0 Å². The fraction of sp³-hybridized carbons (Fsp3) is 0.889. The Bertz CT molecular complexity index is 186. The maximum Gasteiger partial charge on any atom is 0.0843 e. The summed E-state index contributed by atoms with van der Waals surface area (Å²) in [7, 11) is 0. The molecule has 0 aromatic heterocycles. The van der Waals surface area contributed by atoms with E-state index in [-0.39, 0.29) is 0 Å². The number of nitrogens with zero attached hydrogens (tertiary/aromatic N) is 1. The van der Waals surface area contributed by atoms with Gasteiger partial charge in [0.25, 0.3) is 0 Å². The lowest BCUT2D eigenvalue weighted by atomic mass is 10.1. The molecule has 1 unspecified atom stereocenters. The molecule has 1 N–H and O–H groups in total. The Morgan fingerprint density at radius 1 is 1.45 bits per heavy atom. The molecule has 0 aliphatic heterocycles. The second kappa shape index (κ2) is 2.49. The van der Waals surface area contributed by atoms with E-state index in [2.05, 4.69) is 11.4 Å². The molecular formula is C9H14N2. The van der Waals surface area contributed by atoms with Gasteiger partial charge in [0, 0.05) is 6.04 Å². The lowest BCUT2D eigenvalue weighted by Gasteiger charge is -2.06. The van der Waals surface area contributed by atoms with Crippen LogP contribution >= 0.6 is 0 Å². The van der Waals surface area contributed by atoms with Gasteiger partial charge in [0.15, 0.2) is 0 Å². The first kappa shape index (κ1) is 7.12. The Morgan fingerprint density at radius 2 is 2.18 bits per heavy atom. The zero-order chi connectivity index (χ0) is 7.73. The zero-order valence-electron chi connectivity index (χ0n) is 6.77. The molecule has 2 aliphatic carbocycles. The molecule has 0 aromatic carbocycles. The topological polar surface area (TPSA) is 35.8 Å². The zero-order valence-corrected chi connectivity index (χ0v) is 6.77. The van der Waals surface area contributed by atoms with Gasteiger partial charge in [-0.3, -0.25) is 0 Å². The summed E-state index contributed by atoms with van der Waals surface area (Å²) in [5, 5.41) is 11.6. The first-order valence-corrected chi connectivity index (χ1v) is 4.48. The number of nitriles is 1. The first-order valence-electron chi connectivity index (χ1n) is 4.48. The smallest absolute Gasteiger partial charge is 0.0843 e. The van der Waals surface area contributed by atoms with Gasteiger partial charge in [-0.15, -0.1) is 0 Å². The van der Waals surface area contributed by atoms with E-state index in [0.29, 0.717) is 18.0 Å². The minimum Gasteiger partial charge on any atom is -0.301 e. The predicted molar refractivity (Wildman–Crippen MR) is 42.9 cm³/mol. The van der Waals surface area contributed by atoms with Gasteiger partial charge in [-0.1, -0.05) is 12.8 Å². The van der Waals surface area contributed by atoms with Crippen molar-refractivity contribution >= 4 is 0 Å². The van der Waals surface area contributed by atoms with Gasteiger partial charge in [-0.05, 0) is 24.7 Å². The van der Waals surface area contributed by atoms with Crippen molar-refractivity contribution in [2.45, 2.75) is 38.1 Å². The number of hydrogen-bond donors (Lipinski definition) is 1. The highest BCUT2D eigenvalue weighted by molar-refractivity contribution is 5.10. The summed E-state index contributed by atoms with van der Waals surface area (Å²) in [5.74, 6) is 0. The second-order valence-corrected chi connectivity index (χ2v) is 3.87. The lowest BCUT2D eigenvalue weighted by molar-refractivity contribution is 0.479. The molecule has 60 valence electrons. The summed E-state index contributed by atoms with van der Waals surface area (Å²) in [4.78, 5) is 0. The van der Waals surface area contributed by atoms with E-state index in [1.54, 1.807) is 0 Å². The quantitative estimate of drug-likeness (QED) is 0.604. The molecule has 2 fully saturated rings. The van der Waals surface area contributed by atoms with Gasteiger partial charge >= 0.3 is 0 Å². The SMILES string of the molecule is N#CCNC1CC12CCCC2. The van der Waals surface area contributed by atoms with Crippen LogP contribution in [0, 0.1) is 16.7 Å². The molecule has 1 atom stereocenters. The molecule has 11 heavy (non-hydrogen) atoms. The van der Waals surface area contributed by atoms with Crippen LogP contribution in [-0.4, -0.2) is 12.6 Å². The van der Waals surface area contributed by atoms with Crippen molar-refractivity contribution in [1.82, 2.24) is 5.32 Å². The fourth-order valence-electron chi connectivity index (χ4n) is 2.44. The summed E-state index contributed by atoms with van der Waals surface area (Å²) in [6, 6.07) is 2.82. The molecule has 0 aromatic rings. The highest BCUT2D eigenvalue weighted by Gasteiger charge is 2.54. The molecule has 0 bridgehead atoms. The van der Waals surface area contributed by atoms with E-state index >= 15 is 0 Å². The molecule has 0 radical (unpaired) electrons. The number of nitrogens with one attached hydrogen (secondary N) is 1. The van der Waals surface area contributed by atoms with E-state index in [1.165, 1.54) is 32.1 Å². The van der Waals surface area contributed by atoms with E-state index in [1.807, 2.05) is 0 Å². The molecule has 2 rings (SSSR count). The number of rotatable bonds is 2. The van der Waals surface area contributed by atoms with Crippen LogP contribution in [0.3, 0.4) is 0 Å². The van der Waals surface area contributed by atoms with Crippen molar-refractivity contribution in [1.29, 1.82) is 5.26 Å². The van der Waals surface area contributed by atoms with Crippen LogP contribution in [0.5, 0.6) is 0 Å². The highest BCUT2D eigenvalue weighted by Crippen LogP contribution is 2.57. The Hall–Kier alpha value is -0.550. The van der Waals surface area contributed by atoms with Gasteiger partial charge in [-0.2, -0.15) is 5.26 Å². The van der Waals surface area contributed by atoms with Crippen molar-refractivity contribution in [3.8, 4) is 6.07 Å². The third kappa shape index (κ3) is 1.14. The van der Waals surface area contributed by atoms with Crippen LogP contribution in [-0.2, 0) is 0 Å². The first-order chi connectivity index (χ1) is 5.37. The molecule has 2 nitrogen and oxygen atoms in total. The van der Waals surface area contributed by atoms with Gasteiger partial charge in [0.2, 0.25) is 0 Å². The van der Waals surface area contributed by atoms with E-state index < -0.39 is 0 Å². The van der Waals surface area contributed by atoms with Gasteiger partial charge < -0.3 is 5.32 Å². The average molecular weight is 150 g/mol. The molecule has 2 heteroatoms. The highest BCUT2D eigenvalue weighted by atomic mass is 15.0. The van der Waals surface area contributed by atoms with Gasteiger partial charge in [0.1, 0.15) is 0 Å². The lowest BCUT2D eigenvalue weighted by Crippen LogP contribution is -2.21. The summed E-state index contributed by atoms with van der Waals surface area (Å²) in [6.45, 7) is 0.534. The standard InChI is InChI=1S/C9H14N2/c10-5-6-11-8-7-9(8)3-1-2-4-9/h8,11H,1-4,6-7H2. The fourth-order valence-corrected chi connectivity index (χ4v) is 2.44. The van der Waals surface area contributed by atoms with Gasteiger partial charge in [0.05, 0.1) is 12.6 Å². The van der Waals surface area contributed by atoms with E-state index in [9.17, 15) is 0 Å². The van der Waals surface area contributed by atoms with E-state index in [0.717, 1.165) is 0 Å². The third-order valence-electron chi connectivity index (χ3n) is 3.22. The van der Waals surface area contributed by atoms with Crippen molar-refractivity contribution in [2.75, 3.05) is 6.54 Å². The second-order valence-electron chi connectivity index (χ2n) is 3.87. The monoisotopic (exact) mass is 150 g/mol. The predicted octanol–water partition coefficient (Wildman–Crippen LogP) is 1.43. The maximum atomic E-state index is 8.36. The summed E-state index contributed by atoms with van der Waals surface area (Å²) in [6.07, 6.45) is 6.94. The van der Waals surface area contributed by atoms with Crippen molar-refractivity contribution < 1.29 is 0 Å². The molecule has 2 aliphatic rings. The third-order valence-corrected chi connectivity index (χ3v) is 3.22. The molecule has 0 amide bonds. The summed E-state index contributed by atoms with van der Waals surface area (Å²) >= 11 is 0. The normalized spacial score (nSPS) is 32.1. The molecule has 0 heterocycles. The Morgan fingerprint density at radius 3 is 2.82 bits per heavy atom. The molecule has 2 saturated carbocycles. The maximum absolute atomic E-state index is 8.36. The van der Waals surface area contributed by atoms with Crippen molar-refractivity contribution in [3.05, 3.63) is 0 Å². The van der Waals surface area contributed by atoms with Crippen LogP contribution in [0.1, 0.15) is 32.1 Å². The summed E-state index contributed by atoms with van der Waals surface area (Å²) < 4.78 is 0. The largest absolute Gasteiger partial charge is 0.301 e. The minimum absolute atomic E-state index is 0.534. The molecule has 0 saturated heterocycles. The average Bonchev–Trinajstić information content (AvgIpc) is 2.41. The molecule has 1 spiro atoms. The Labute approximate surface area is 67.6 Å².